The third-order valence-corrected chi connectivity index (χ3v) is 6.66. The minimum atomic E-state index is -0.864. The summed E-state index contributed by atoms with van der Waals surface area (Å²) in [5, 5.41) is 8.24. The summed E-state index contributed by atoms with van der Waals surface area (Å²) in [7, 11) is 0. The van der Waals surface area contributed by atoms with E-state index in [4.69, 9.17) is 4.84 Å². The largest absolute Gasteiger partial charge is 0.366 e. The fourth-order valence-corrected chi connectivity index (χ4v) is 4.75. The number of hydrogen-bond acceptors (Lipinski definition) is 6. The summed E-state index contributed by atoms with van der Waals surface area (Å²) >= 11 is 0. The first-order chi connectivity index (χ1) is 13.0. The summed E-state index contributed by atoms with van der Waals surface area (Å²) in [4.78, 5) is 33.6. The maximum atomic E-state index is 13.1. The Hall–Kier alpha value is -1.18. The first-order valence-electron chi connectivity index (χ1n) is 10.8. The molecule has 2 aliphatic heterocycles. The molecule has 2 heterocycles. The molecule has 27 heavy (non-hydrogen) atoms. The maximum Gasteiger partial charge on any atom is 0.350 e. The van der Waals surface area contributed by atoms with Crippen molar-refractivity contribution < 1.29 is 14.4 Å². The SMILES string of the molecule is CCC(=O)NC1(C(=O)ON2CCN(C3CCNCC3)CC2)CCCC[C@@H]1C. The summed E-state index contributed by atoms with van der Waals surface area (Å²) in [6.45, 7) is 9.41. The first-order valence-corrected chi connectivity index (χ1v) is 10.8. The minimum absolute atomic E-state index is 0.0728. The van der Waals surface area contributed by atoms with Crippen molar-refractivity contribution in [3.63, 3.8) is 0 Å². The van der Waals surface area contributed by atoms with E-state index in [0.717, 1.165) is 58.5 Å². The van der Waals surface area contributed by atoms with Gasteiger partial charge in [-0.1, -0.05) is 26.7 Å². The van der Waals surface area contributed by atoms with Gasteiger partial charge in [-0.05, 0) is 44.7 Å². The number of carbonyl (C=O) groups is 2. The summed E-state index contributed by atoms with van der Waals surface area (Å²) in [5.41, 5.74) is -0.864. The molecule has 3 fully saturated rings. The van der Waals surface area contributed by atoms with E-state index in [1.54, 1.807) is 5.06 Å². The highest BCUT2D eigenvalue weighted by atomic mass is 16.7. The van der Waals surface area contributed by atoms with E-state index in [1.807, 2.05) is 6.92 Å². The standard InChI is InChI=1S/C20H36N4O3/c1-3-18(25)22-20(9-5-4-6-16(20)2)19(26)27-24-14-12-23(13-15-24)17-7-10-21-11-8-17/h16-17,21H,3-15H2,1-2H3,(H,22,25)/t16-,20?/m0/s1. The second kappa shape index (κ2) is 9.34. The molecule has 7 nitrogen and oxygen atoms in total. The number of nitrogens with one attached hydrogen (secondary N) is 2. The number of carbonyl (C=O) groups excluding carboxylic acids is 2. The average molecular weight is 381 g/mol. The quantitative estimate of drug-likeness (QED) is 0.749. The van der Waals surface area contributed by atoms with E-state index in [1.165, 1.54) is 12.8 Å². The van der Waals surface area contributed by atoms with Crippen LogP contribution in [0.25, 0.3) is 0 Å². The van der Waals surface area contributed by atoms with Gasteiger partial charge in [0.25, 0.3) is 0 Å². The fourth-order valence-electron chi connectivity index (χ4n) is 4.75. The van der Waals surface area contributed by atoms with Gasteiger partial charge >= 0.3 is 5.97 Å². The number of piperazine rings is 1. The van der Waals surface area contributed by atoms with Crippen LogP contribution in [-0.4, -0.2) is 72.7 Å². The van der Waals surface area contributed by atoms with Gasteiger partial charge in [0.15, 0.2) is 0 Å². The summed E-state index contributed by atoms with van der Waals surface area (Å²) in [6, 6.07) is 0.651. The highest BCUT2D eigenvalue weighted by Crippen LogP contribution is 2.35. The van der Waals surface area contributed by atoms with Crippen molar-refractivity contribution >= 4 is 11.9 Å². The molecule has 0 radical (unpaired) electrons. The molecule has 154 valence electrons. The van der Waals surface area contributed by atoms with Crippen molar-refractivity contribution in [3.05, 3.63) is 0 Å². The van der Waals surface area contributed by atoms with Gasteiger partial charge in [-0.3, -0.25) is 9.69 Å². The maximum absolute atomic E-state index is 13.1. The average Bonchev–Trinajstić information content (AvgIpc) is 2.71. The van der Waals surface area contributed by atoms with Gasteiger partial charge in [0.05, 0.1) is 0 Å². The zero-order valence-corrected chi connectivity index (χ0v) is 17.0. The lowest BCUT2D eigenvalue weighted by Crippen LogP contribution is -2.62. The number of hydroxylamine groups is 2. The van der Waals surface area contributed by atoms with Crippen molar-refractivity contribution in [2.24, 2.45) is 5.92 Å². The van der Waals surface area contributed by atoms with Gasteiger partial charge in [0.1, 0.15) is 5.54 Å². The van der Waals surface area contributed by atoms with E-state index in [0.29, 0.717) is 18.9 Å². The van der Waals surface area contributed by atoms with Gasteiger partial charge in [0, 0.05) is 38.6 Å². The van der Waals surface area contributed by atoms with Gasteiger partial charge < -0.3 is 15.5 Å². The zero-order chi connectivity index (χ0) is 19.3. The van der Waals surface area contributed by atoms with Crippen LogP contribution in [0.5, 0.6) is 0 Å². The Bertz CT molecular complexity index is 515. The molecule has 2 saturated heterocycles. The van der Waals surface area contributed by atoms with E-state index in [2.05, 4.69) is 22.5 Å². The van der Waals surface area contributed by atoms with E-state index < -0.39 is 5.54 Å². The summed E-state index contributed by atoms with van der Waals surface area (Å²) in [5.74, 6) is -0.242. The Morgan fingerprint density at radius 2 is 1.81 bits per heavy atom. The molecule has 1 aliphatic carbocycles. The highest BCUT2D eigenvalue weighted by Gasteiger charge is 2.48. The number of hydrogen-bond donors (Lipinski definition) is 2. The molecule has 1 amide bonds. The molecule has 0 aromatic heterocycles. The molecule has 0 aromatic rings. The van der Waals surface area contributed by atoms with Gasteiger partial charge in [-0.2, -0.15) is 0 Å². The lowest BCUT2D eigenvalue weighted by atomic mass is 9.73. The predicted octanol–water partition coefficient (Wildman–Crippen LogP) is 1.29. The Morgan fingerprint density at radius 3 is 2.44 bits per heavy atom. The van der Waals surface area contributed by atoms with Gasteiger partial charge in [0.2, 0.25) is 5.91 Å². The van der Waals surface area contributed by atoms with Crippen molar-refractivity contribution in [1.29, 1.82) is 0 Å². The first kappa shape index (κ1) is 20.6. The van der Waals surface area contributed by atoms with Crippen LogP contribution in [0.3, 0.4) is 0 Å². The predicted molar refractivity (Wildman–Crippen MR) is 104 cm³/mol. The number of rotatable bonds is 5. The topological polar surface area (TPSA) is 73.9 Å². The smallest absolute Gasteiger partial charge is 0.350 e. The second-order valence-corrected chi connectivity index (χ2v) is 8.34. The molecule has 0 bridgehead atoms. The Balaban J connectivity index is 1.57. The normalized spacial score (nSPS) is 31.4. The van der Waals surface area contributed by atoms with Crippen LogP contribution >= 0.6 is 0 Å². The molecule has 0 aromatic carbocycles. The molecule has 3 rings (SSSR count). The molecular weight excluding hydrogens is 344 g/mol. The third-order valence-electron chi connectivity index (χ3n) is 6.66. The molecule has 2 atom stereocenters. The second-order valence-electron chi connectivity index (χ2n) is 8.34. The van der Waals surface area contributed by atoms with Gasteiger partial charge in [-0.15, -0.1) is 5.06 Å². The Labute approximate surface area is 163 Å². The number of nitrogens with zero attached hydrogens (tertiary/aromatic N) is 2. The van der Waals surface area contributed by atoms with Crippen LogP contribution in [0.2, 0.25) is 0 Å². The number of piperidine rings is 1. The van der Waals surface area contributed by atoms with Crippen LogP contribution < -0.4 is 10.6 Å². The number of amides is 1. The summed E-state index contributed by atoms with van der Waals surface area (Å²) in [6.07, 6.45) is 6.46. The van der Waals surface area contributed by atoms with Crippen LogP contribution in [0, 0.1) is 5.92 Å². The van der Waals surface area contributed by atoms with Crippen LogP contribution in [0.15, 0.2) is 0 Å². The fraction of sp³-hybridized carbons (Fsp3) is 0.900. The summed E-state index contributed by atoms with van der Waals surface area (Å²) < 4.78 is 0. The minimum Gasteiger partial charge on any atom is -0.366 e. The lowest BCUT2D eigenvalue weighted by Gasteiger charge is -2.43. The Kier molecular flexibility index (Phi) is 7.11. The van der Waals surface area contributed by atoms with Crippen LogP contribution in [-0.2, 0) is 14.4 Å². The lowest BCUT2D eigenvalue weighted by molar-refractivity contribution is -0.210. The Morgan fingerprint density at radius 1 is 1.11 bits per heavy atom. The molecular formula is C20H36N4O3. The molecule has 7 heteroatoms. The monoisotopic (exact) mass is 380 g/mol. The van der Waals surface area contributed by atoms with Gasteiger partial charge in [-0.25, -0.2) is 4.79 Å². The van der Waals surface area contributed by atoms with Crippen LogP contribution in [0.4, 0.5) is 0 Å². The van der Waals surface area contributed by atoms with E-state index >= 15 is 0 Å². The van der Waals surface area contributed by atoms with Crippen molar-refractivity contribution in [3.8, 4) is 0 Å². The van der Waals surface area contributed by atoms with Crippen molar-refractivity contribution in [1.82, 2.24) is 20.6 Å². The van der Waals surface area contributed by atoms with Crippen molar-refractivity contribution in [2.75, 3.05) is 39.3 Å². The molecule has 0 spiro atoms. The van der Waals surface area contributed by atoms with Crippen molar-refractivity contribution in [2.45, 2.75) is 70.4 Å². The van der Waals surface area contributed by atoms with E-state index in [9.17, 15) is 9.59 Å². The van der Waals surface area contributed by atoms with Crippen LogP contribution in [0.1, 0.15) is 58.8 Å². The molecule has 3 aliphatic rings. The molecule has 2 N–H and O–H groups in total. The molecule has 1 saturated carbocycles. The third kappa shape index (κ3) is 4.81. The highest BCUT2D eigenvalue weighted by molar-refractivity contribution is 5.88. The zero-order valence-electron chi connectivity index (χ0n) is 17.0. The molecule has 1 unspecified atom stereocenters. The van der Waals surface area contributed by atoms with E-state index in [-0.39, 0.29) is 17.8 Å².